The van der Waals surface area contributed by atoms with E-state index >= 15 is 0 Å². The largest absolute Gasteiger partial charge is 0.313 e. The summed E-state index contributed by atoms with van der Waals surface area (Å²) >= 11 is 0. The maximum atomic E-state index is 3.67. The van der Waals surface area contributed by atoms with Crippen LogP contribution in [-0.4, -0.2) is 36.6 Å². The van der Waals surface area contributed by atoms with E-state index in [4.69, 9.17) is 0 Å². The zero-order chi connectivity index (χ0) is 10.6. The van der Waals surface area contributed by atoms with Gasteiger partial charge in [-0.1, -0.05) is 20.8 Å². The lowest BCUT2D eigenvalue weighted by Crippen LogP contribution is -2.40. The van der Waals surface area contributed by atoms with Gasteiger partial charge in [0.05, 0.1) is 0 Å². The van der Waals surface area contributed by atoms with Crippen LogP contribution in [0.4, 0.5) is 0 Å². The topological polar surface area (TPSA) is 15.3 Å². The Morgan fingerprint density at radius 2 is 2.14 bits per heavy atom. The van der Waals surface area contributed by atoms with E-state index in [1.807, 2.05) is 0 Å². The summed E-state index contributed by atoms with van der Waals surface area (Å²) in [5.41, 5.74) is 0. The van der Waals surface area contributed by atoms with Crippen LogP contribution in [0.1, 0.15) is 40.5 Å². The molecule has 2 heteroatoms. The van der Waals surface area contributed by atoms with Crippen molar-refractivity contribution >= 4 is 0 Å². The molecule has 0 bridgehead atoms. The summed E-state index contributed by atoms with van der Waals surface area (Å²) in [7, 11) is 0. The first-order valence-corrected chi connectivity index (χ1v) is 6.11. The van der Waals surface area contributed by atoms with Crippen LogP contribution in [-0.2, 0) is 0 Å². The third-order valence-corrected chi connectivity index (χ3v) is 3.24. The van der Waals surface area contributed by atoms with Gasteiger partial charge in [0.25, 0.3) is 0 Å². The summed E-state index contributed by atoms with van der Waals surface area (Å²) < 4.78 is 0. The van der Waals surface area contributed by atoms with Crippen molar-refractivity contribution in [3.8, 4) is 0 Å². The molecule has 84 valence electrons. The lowest BCUT2D eigenvalue weighted by molar-refractivity contribution is 0.208. The van der Waals surface area contributed by atoms with Crippen molar-refractivity contribution < 1.29 is 0 Å². The molecular weight excluding hydrogens is 172 g/mol. The molecule has 0 aromatic heterocycles. The molecule has 0 radical (unpaired) electrons. The lowest BCUT2D eigenvalue weighted by Gasteiger charge is -2.28. The average molecular weight is 198 g/mol. The summed E-state index contributed by atoms with van der Waals surface area (Å²) in [6.07, 6.45) is 2.60. The number of nitrogens with zero attached hydrogens (tertiary/aromatic N) is 1. The average Bonchev–Trinajstić information content (AvgIpc) is 2.27. The molecule has 0 spiro atoms. The van der Waals surface area contributed by atoms with Gasteiger partial charge in [0.15, 0.2) is 0 Å². The van der Waals surface area contributed by atoms with Crippen molar-refractivity contribution in [1.29, 1.82) is 0 Å². The molecule has 14 heavy (non-hydrogen) atoms. The Balaban J connectivity index is 2.45. The van der Waals surface area contributed by atoms with E-state index < -0.39 is 0 Å². The van der Waals surface area contributed by atoms with Gasteiger partial charge in [-0.25, -0.2) is 0 Å². The van der Waals surface area contributed by atoms with Gasteiger partial charge in [-0.3, -0.25) is 4.90 Å². The van der Waals surface area contributed by atoms with Crippen molar-refractivity contribution in [2.45, 2.75) is 52.6 Å². The highest BCUT2D eigenvalue weighted by Crippen LogP contribution is 2.13. The minimum absolute atomic E-state index is 0.708. The molecule has 1 saturated heterocycles. The van der Waals surface area contributed by atoms with Crippen LogP contribution < -0.4 is 5.32 Å². The monoisotopic (exact) mass is 198 g/mol. The Kier molecular flexibility index (Phi) is 4.90. The molecule has 1 fully saturated rings. The Labute approximate surface area is 89.1 Å². The predicted molar refractivity (Wildman–Crippen MR) is 62.6 cm³/mol. The van der Waals surface area contributed by atoms with E-state index in [1.165, 1.54) is 32.5 Å². The van der Waals surface area contributed by atoms with Crippen LogP contribution in [0.3, 0.4) is 0 Å². The van der Waals surface area contributed by atoms with Gasteiger partial charge in [-0.05, 0) is 38.8 Å². The molecule has 0 aromatic carbocycles. The standard InChI is InChI=1S/C12H26N2/c1-5-14-9-12(8-10(2)3)13-7-6-11(14)4/h10-13H,5-9H2,1-4H3. The van der Waals surface area contributed by atoms with Crippen molar-refractivity contribution in [2.75, 3.05) is 19.6 Å². The molecule has 1 aliphatic heterocycles. The molecular formula is C12H26N2. The van der Waals surface area contributed by atoms with Crippen molar-refractivity contribution in [3.63, 3.8) is 0 Å². The second-order valence-electron chi connectivity index (χ2n) is 5.01. The molecule has 2 unspecified atom stereocenters. The fourth-order valence-corrected chi connectivity index (χ4v) is 2.37. The Bertz CT molecular complexity index is 156. The van der Waals surface area contributed by atoms with Gasteiger partial charge in [0.2, 0.25) is 0 Å². The molecule has 0 aromatic rings. The van der Waals surface area contributed by atoms with Gasteiger partial charge in [-0.15, -0.1) is 0 Å². The van der Waals surface area contributed by atoms with Crippen LogP contribution in [0, 0.1) is 5.92 Å². The van der Waals surface area contributed by atoms with E-state index in [1.54, 1.807) is 0 Å². The smallest absolute Gasteiger partial charge is 0.0197 e. The molecule has 0 amide bonds. The van der Waals surface area contributed by atoms with Crippen LogP contribution >= 0.6 is 0 Å². The normalized spacial score (nSPS) is 30.6. The molecule has 0 aliphatic carbocycles. The minimum atomic E-state index is 0.708. The Morgan fingerprint density at radius 3 is 2.71 bits per heavy atom. The van der Waals surface area contributed by atoms with Gasteiger partial charge in [0.1, 0.15) is 0 Å². The van der Waals surface area contributed by atoms with E-state index in [-0.39, 0.29) is 0 Å². The van der Waals surface area contributed by atoms with Crippen LogP contribution in [0.25, 0.3) is 0 Å². The van der Waals surface area contributed by atoms with E-state index in [9.17, 15) is 0 Å². The molecule has 1 heterocycles. The number of hydrogen-bond donors (Lipinski definition) is 1. The van der Waals surface area contributed by atoms with Crippen LogP contribution in [0.15, 0.2) is 0 Å². The molecule has 0 saturated carbocycles. The third kappa shape index (κ3) is 3.58. The minimum Gasteiger partial charge on any atom is -0.313 e. The molecule has 2 nitrogen and oxygen atoms in total. The highest BCUT2D eigenvalue weighted by Gasteiger charge is 2.21. The molecule has 1 aliphatic rings. The van der Waals surface area contributed by atoms with Crippen molar-refractivity contribution in [1.82, 2.24) is 10.2 Å². The summed E-state index contributed by atoms with van der Waals surface area (Å²) in [4.78, 5) is 2.60. The summed E-state index contributed by atoms with van der Waals surface area (Å²) in [5.74, 6) is 0.805. The maximum absolute atomic E-state index is 3.67. The highest BCUT2D eigenvalue weighted by atomic mass is 15.2. The van der Waals surface area contributed by atoms with E-state index in [0.29, 0.717) is 6.04 Å². The van der Waals surface area contributed by atoms with Gasteiger partial charge < -0.3 is 5.32 Å². The quantitative estimate of drug-likeness (QED) is 0.747. The highest BCUT2D eigenvalue weighted by molar-refractivity contribution is 4.80. The number of hydrogen-bond acceptors (Lipinski definition) is 2. The summed E-state index contributed by atoms with van der Waals surface area (Å²) in [6, 6.07) is 1.46. The third-order valence-electron chi connectivity index (χ3n) is 3.24. The first kappa shape index (κ1) is 12.0. The first-order chi connectivity index (χ1) is 6.63. The zero-order valence-electron chi connectivity index (χ0n) is 10.2. The van der Waals surface area contributed by atoms with Crippen LogP contribution in [0.5, 0.6) is 0 Å². The van der Waals surface area contributed by atoms with Crippen molar-refractivity contribution in [2.24, 2.45) is 5.92 Å². The Hall–Kier alpha value is -0.0800. The zero-order valence-corrected chi connectivity index (χ0v) is 10.2. The van der Waals surface area contributed by atoms with Gasteiger partial charge in [-0.2, -0.15) is 0 Å². The fourth-order valence-electron chi connectivity index (χ4n) is 2.37. The maximum Gasteiger partial charge on any atom is 0.0197 e. The lowest BCUT2D eigenvalue weighted by atomic mass is 10.0. The fraction of sp³-hybridized carbons (Fsp3) is 1.00. The van der Waals surface area contributed by atoms with Crippen LogP contribution in [0.2, 0.25) is 0 Å². The van der Waals surface area contributed by atoms with E-state index in [0.717, 1.165) is 12.0 Å². The predicted octanol–water partition coefficient (Wildman–Crippen LogP) is 2.10. The molecule has 2 atom stereocenters. The second-order valence-corrected chi connectivity index (χ2v) is 5.01. The van der Waals surface area contributed by atoms with Gasteiger partial charge in [0, 0.05) is 18.6 Å². The first-order valence-electron chi connectivity index (χ1n) is 6.11. The summed E-state index contributed by atoms with van der Waals surface area (Å²) in [5, 5.41) is 3.67. The number of rotatable bonds is 3. The second kappa shape index (κ2) is 5.72. The Morgan fingerprint density at radius 1 is 1.43 bits per heavy atom. The SMILES string of the molecule is CCN1CC(CC(C)C)NCCC1C. The van der Waals surface area contributed by atoms with Gasteiger partial charge >= 0.3 is 0 Å². The summed E-state index contributed by atoms with van der Waals surface area (Å²) in [6.45, 7) is 12.9. The number of likely N-dealkylation sites (N-methyl/N-ethyl adjacent to an activating group) is 1. The molecule has 1 rings (SSSR count). The number of nitrogens with one attached hydrogen (secondary N) is 1. The van der Waals surface area contributed by atoms with E-state index in [2.05, 4.69) is 37.9 Å². The van der Waals surface area contributed by atoms with Crippen molar-refractivity contribution in [3.05, 3.63) is 0 Å². The molecule has 1 N–H and O–H groups in total.